The summed E-state index contributed by atoms with van der Waals surface area (Å²) in [4.78, 5) is 35.8. The maximum absolute atomic E-state index is 12.2. The molecule has 0 aliphatic carbocycles. The molecule has 8 nitrogen and oxygen atoms in total. The molecule has 1 amide bonds. The third kappa shape index (κ3) is 5.49. The Labute approximate surface area is 169 Å². The Hall–Kier alpha value is -3.04. The number of rotatable bonds is 7. The zero-order valence-electron chi connectivity index (χ0n) is 16.5. The zero-order valence-corrected chi connectivity index (χ0v) is 17.3. The van der Waals surface area contributed by atoms with Gasteiger partial charge in [-0.15, -0.1) is 0 Å². The largest absolute Gasteiger partial charge is 0.449 e. The molecular weight excluding hydrogens is 396 g/mol. The average molecular weight is 418 g/mol. The van der Waals surface area contributed by atoms with Crippen LogP contribution in [-0.2, 0) is 19.6 Å². The van der Waals surface area contributed by atoms with Crippen LogP contribution in [0.3, 0.4) is 0 Å². The average Bonchev–Trinajstić information content (AvgIpc) is 2.68. The number of carbonyl (C=O) groups excluding carboxylic acids is 3. The predicted molar refractivity (Wildman–Crippen MR) is 107 cm³/mol. The molecule has 0 saturated heterocycles. The molecule has 29 heavy (non-hydrogen) atoms. The summed E-state index contributed by atoms with van der Waals surface area (Å²) in [5, 5.41) is 2.59. The Kier molecular flexibility index (Phi) is 6.89. The molecule has 0 saturated carbocycles. The molecule has 0 heterocycles. The minimum Gasteiger partial charge on any atom is -0.449 e. The van der Waals surface area contributed by atoms with E-state index in [1.807, 2.05) is 0 Å². The number of nitrogens with one attached hydrogen (secondary N) is 1. The fourth-order valence-corrected chi connectivity index (χ4v) is 3.19. The van der Waals surface area contributed by atoms with E-state index in [2.05, 4.69) is 5.32 Å². The van der Waals surface area contributed by atoms with E-state index in [1.165, 1.54) is 52.2 Å². The first-order valence-electron chi connectivity index (χ1n) is 8.68. The Bertz CT molecular complexity index is 1010. The van der Waals surface area contributed by atoms with Crippen molar-refractivity contribution in [2.24, 2.45) is 0 Å². The number of esters is 1. The predicted octanol–water partition coefficient (Wildman–Crippen LogP) is 2.32. The van der Waals surface area contributed by atoms with Crippen LogP contribution >= 0.6 is 0 Å². The molecule has 0 bridgehead atoms. The lowest BCUT2D eigenvalue weighted by Gasteiger charge is -2.14. The molecule has 0 fully saturated rings. The van der Waals surface area contributed by atoms with E-state index < -0.39 is 28.0 Å². The topological polar surface area (TPSA) is 110 Å². The van der Waals surface area contributed by atoms with Gasteiger partial charge in [0.15, 0.2) is 11.9 Å². The molecule has 2 aromatic rings. The molecule has 1 N–H and O–H groups in total. The van der Waals surface area contributed by atoms with E-state index in [0.717, 1.165) is 4.31 Å². The first-order valence-corrected chi connectivity index (χ1v) is 10.1. The second kappa shape index (κ2) is 8.97. The molecule has 0 aromatic heterocycles. The van der Waals surface area contributed by atoms with Gasteiger partial charge < -0.3 is 10.1 Å². The summed E-state index contributed by atoms with van der Waals surface area (Å²) in [6.45, 7) is 2.86. The van der Waals surface area contributed by atoms with E-state index in [1.54, 1.807) is 24.3 Å². The van der Waals surface area contributed by atoms with Crippen LogP contribution in [0.5, 0.6) is 0 Å². The summed E-state index contributed by atoms with van der Waals surface area (Å²) in [5.41, 5.74) is 1.09. The van der Waals surface area contributed by atoms with Gasteiger partial charge in [0.05, 0.1) is 10.5 Å². The number of anilines is 1. The Morgan fingerprint density at radius 3 is 1.93 bits per heavy atom. The van der Waals surface area contributed by atoms with E-state index in [0.29, 0.717) is 11.3 Å². The number of ether oxygens (including phenoxy) is 1. The van der Waals surface area contributed by atoms with Crippen molar-refractivity contribution in [3.63, 3.8) is 0 Å². The molecule has 1 unspecified atom stereocenters. The lowest BCUT2D eigenvalue weighted by atomic mass is 10.1. The summed E-state index contributed by atoms with van der Waals surface area (Å²) >= 11 is 0. The van der Waals surface area contributed by atoms with Crippen molar-refractivity contribution in [3.8, 4) is 0 Å². The molecule has 2 rings (SSSR count). The number of hydrogen-bond acceptors (Lipinski definition) is 6. The van der Waals surface area contributed by atoms with Crippen molar-refractivity contribution in [3.05, 3.63) is 59.7 Å². The van der Waals surface area contributed by atoms with Crippen LogP contribution in [0, 0.1) is 0 Å². The van der Waals surface area contributed by atoms with Gasteiger partial charge >= 0.3 is 5.97 Å². The van der Waals surface area contributed by atoms with Gasteiger partial charge in [-0.25, -0.2) is 17.5 Å². The van der Waals surface area contributed by atoms with Crippen LogP contribution in [0.15, 0.2) is 53.4 Å². The molecule has 1 atom stereocenters. The van der Waals surface area contributed by atoms with Gasteiger partial charge in [0.2, 0.25) is 10.0 Å². The van der Waals surface area contributed by atoms with Gasteiger partial charge in [-0.3, -0.25) is 9.59 Å². The quantitative estimate of drug-likeness (QED) is 0.546. The lowest BCUT2D eigenvalue weighted by molar-refractivity contribution is -0.123. The van der Waals surface area contributed by atoms with E-state index >= 15 is 0 Å². The fraction of sp³-hybridized carbons (Fsp3) is 0.250. The van der Waals surface area contributed by atoms with Crippen LogP contribution in [0.1, 0.15) is 34.6 Å². The minimum atomic E-state index is -3.60. The van der Waals surface area contributed by atoms with Gasteiger partial charge in [0, 0.05) is 25.3 Å². The molecule has 0 aliphatic rings. The van der Waals surface area contributed by atoms with Crippen molar-refractivity contribution in [2.45, 2.75) is 24.8 Å². The van der Waals surface area contributed by atoms with Crippen LogP contribution < -0.4 is 5.32 Å². The van der Waals surface area contributed by atoms with Crippen molar-refractivity contribution in [1.82, 2.24) is 4.31 Å². The Balaban J connectivity index is 2.00. The van der Waals surface area contributed by atoms with E-state index in [4.69, 9.17) is 4.74 Å². The standard InChI is InChI=1S/C20H22N2O6S/c1-13(23)15-5-9-17(10-6-15)21-19(24)14(2)28-20(25)16-7-11-18(12-8-16)29(26,27)22(3)4/h5-12,14H,1-4H3,(H,21,24). The maximum Gasteiger partial charge on any atom is 0.338 e. The van der Waals surface area contributed by atoms with Gasteiger partial charge in [0.25, 0.3) is 5.91 Å². The third-order valence-electron chi connectivity index (χ3n) is 4.08. The Morgan fingerprint density at radius 2 is 1.45 bits per heavy atom. The van der Waals surface area contributed by atoms with Crippen molar-refractivity contribution in [2.75, 3.05) is 19.4 Å². The highest BCUT2D eigenvalue weighted by atomic mass is 32.2. The normalized spacial score (nSPS) is 12.3. The SMILES string of the molecule is CC(=O)c1ccc(NC(=O)C(C)OC(=O)c2ccc(S(=O)(=O)N(C)C)cc2)cc1. The van der Waals surface area contributed by atoms with Crippen molar-refractivity contribution >= 4 is 33.4 Å². The molecule has 0 aliphatic heterocycles. The summed E-state index contributed by atoms with van der Waals surface area (Å²) < 4.78 is 30.3. The number of sulfonamides is 1. The summed E-state index contributed by atoms with van der Waals surface area (Å²) in [6.07, 6.45) is -1.08. The molecular formula is C20H22N2O6S. The van der Waals surface area contributed by atoms with Crippen LogP contribution in [0.25, 0.3) is 0 Å². The minimum absolute atomic E-state index is 0.0406. The number of ketones is 1. The van der Waals surface area contributed by atoms with Crippen molar-refractivity contribution in [1.29, 1.82) is 0 Å². The van der Waals surface area contributed by atoms with Gasteiger partial charge in [-0.05, 0) is 62.4 Å². The summed E-state index contributed by atoms with van der Waals surface area (Å²) in [7, 11) is -0.787. The van der Waals surface area contributed by atoms with Crippen LogP contribution in [0.2, 0.25) is 0 Å². The summed E-state index contributed by atoms with van der Waals surface area (Å²) in [5.74, 6) is -1.39. The van der Waals surface area contributed by atoms with Gasteiger partial charge in [-0.2, -0.15) is 0 Å². The highest BCUT2D eigenvalue weighted by molar-refractivity contribution is 7.89. The van der Waals surface area contributed by atoms with Crippen LogP contribution in [-0.4, -0.2) is 50.6 Å². The number of hydrogen-bond donors (Lipinski definition) is 1. The first kappa shape index (κ1) is 22.3. The smallest absolute Gasteiger partial charge is 0.338 e. The number of Topliss-reactive ketones (excluding diaryl/α,β-unsaturated/α-hetero) is 1. The Morgan fingerprint density at radius 1 is 0.931 bits per heavy atom. The van der Waals surface area contributed by atoms with Crippen molar-refractivity contribution < 1.29 is 27.5 Å². The number of benzene rings is 2. The monoisotopic (exact) mass is 418 g/mol. The number of amides is 1. The fourth-order valence-electron chi connectivity index (χ4n) is 2.29. The first-order chi connectivity index (χ1) is 13.5. The lowest BCUT2D eigenvalue weighted by Crippen LogP contribution is -2.30. The van der Waals surface area contributed by atoms with E-state index in [-0.39, 0.29) is 16.2 Å². The molecule has 9 heteroatoms. The third-order valence-corrected chi connectivity index (χ3v) is 5.91. The molecule has 2 aromatic carbocycles. The molecule has 154 valence electrons. The highest BCUT2D eigenvalue weighted by Gasteiger charge is 2.21. The second-order valence-electron chi connectivity index (χ2n) is 6.48. The van der Waals surface area contributed by atoms with Crippen LogP contribution in [0.4, 0.5) is 5.69 Å². The second-order valence-corrected chi connectivity index (χ2v) is 8.63. The molecule has 0 radical (unpaired) electrons. The summed E-state index contributed by atoms with van der Waals surface area (Å²) in [6, 6.07) is 11.6. The number of carbonyl (C=O) groups is 3. The van der Waals surface area contributed by atoms with Gasteiger partial charge in [0.1, 0.15) is 0 Å². The van der Waals surface area contributed by atoms with Gasteiger partial charge in [-0.1, -0.05) is 0 Å². The maximum atomic E-state index is 12.2. The van der Waals surface area contributed by atoms with E-state index in [9.17, 15) is 22.8 Å². The highest BCUT2D eigenvalue weighted by Crippen LogP contribution is 2.16. The number of nitrogens with zero attached hydrogens (tertiary/aromatic N) is 1. The molecule has 0 spiro atoms. The zero-order chi connectivity index (χ0) is 21.8.